The number of hydrogen-bond donors (Lipinski definition) is 2. The van der Waals surface area contributed by atoms with Crippen molar-refractivity contribution in [3.8, 4) is 5.75 Å². The monoisotopic (exact) mass is 424 g/mol. The van der Waals surface area contributed by atoms with E-state index in [1.165, 1.54) is 11.3 Å². The lowest BCUT2D eigenvalue weighted by Crippen LogP contribution is -2.31. The summed E-state index contributed by atoms with van der Waals surface area (Å²) in [6, 6.07) is 14.5. The molecule has 0 saturated carbocycles. The summed E-state index contributed by atoms with van der Waals surface area (Å²) in [4.78, 5) is 24.6. The summed E-state index contributed by atoms with van der Waals surface area (Å²) in [5.74, 6) is 0.284. The highest BCUT2D eigenvalue weighted by Crippen LogP contribution is 2.20. The van der Waals surface area contributed by atoms with Crippen molar-refractivity contribution in [3.63, 3.8) is 0 Å². The van der Waals surface area contributed by atoms with Crippen molar-refractivity contribution >= 4 is 28.8 Å². The number of aryl methyl sites for hydroxylation is 1. The highest BCUT2D eigenvalue weighted by Gasteiger charge is 2.14. The third-order valence-electron chi connectivity index (χ3n) is 4.50. The van der Waals surface area contributed by atoms with Gasteiger partial charge in [0.25, 0.3) is 11.8 Å². The Kier molecular flexibility index (Phi) is 7.13. The summed E-state index contributed by atoms with van der Waals surface area (Å²) in [5.41, 5.74) is 2.15. The third kappa shape index (κ3) is 5.64. The number of hydrogen-bond acceptors (Lipinski definition) is 6. The van der Waals surface area contributed by atoms with E-state index in [0.29, 0.717) is 16.3 Å². The van der Waals surface area contributed by atoms with Crippen LogP contribution in [0.25, 0.3) is 0 Å². The Morgan fingerprint density at radius 2 is 1.80 bits per heavy atom. The van der Waals surface area contributed by atoms with Gasteiger partial charge >= 0.3 is 0 Å². The van der Waals surface area contributed by atoms with Gasteiger partial charge in [-0.3, -0.25) is 9.59 Å². The van der Waals surface area contributed by atoms with Crippen molar-refractivity contribution in [2.75, 3.05) is 5.32 Å². The molecule has 2 aromatic carbocycles. The fraction of sp³-hybridized carbons (Fsp3) is 0.273. The zero-order chi connectivity index (χ0) is 21.5. The molecular weight excluding hydrogens is 400 g/mol. The summed E-state index contributed by atoms with van der Waals surface area (Å²) >= 11 is 1.18. The molecule has 1 aromatic heterocycles. The van der Waals surface area contributed by atoms with E-state index in [1.54, 1.807) is 24.3 Å². The standard InChI is InChI=1S/C22H24N4O3S/c1-4-15(3)23-20(27)16-9-11-17(12-10-16)24-21(28)22-26-25-19(30-22)13-29-18-8-6-5-7-14(18)2/h5-12,15H,4,13H2,1-3H3,(H,23,27)(H,24,28)/t15-/m0/s1. The lowest BCUT2D eigenvalue weighted by Gasteiger charge is -2.11. The number of carbonyl (C=O) groups is 2. The van der Waals surface area contributed by atoms with Gasteiger partial charge in [-0.1, -0.05) is 36.5 Å². The van der Waals surface area contributed by atoms with E-state index in [4.69, 9.17) is 4.74 Å². The van der Waals surface area contributed by atoms with Crippen molar-refractivity contribution < 1.29 is 14.3 Å². The van der Waals surface area contributed by atoms with E-state index >= 15 is 0 Å². The second-order valence-corrected chi connectivity index (χ2v) is 7.93. The van der Waals surface area contributed by atoms with Crippen LogP contribution in [0.15, 0.2) is 48.5 Å². The highest BCUT2D eigenvalue weighted by atomic mass is 32.1. The first-order valence-corrected chi connectivity index (χ1v) is 10.5. The number of para-hydroxylation sites is 1. The molecule has 0 fully saturated rings. The number of rotatable bonds is 8. The summed E-state index contributed by atoms with van der Waals surface area (Å²) in [6.07, 6.45) is 0.861. The van der Waals surface area contributed by atoms with E-state index in [0.717, 1.165) is 17.7 Å². The van der Waals surface area contributed by atoms with Gasteiger partial charge in [-0.2, -0.15) is 0 Å². The molecule has 2 amide bonds. The Bertz CT molecular complexity index is 1020. The van der Waals surface area contributed by atoms with Crippen molar-refractivity contribution in [2.45, 2.75) is 39.8 Å². The molecule has 2 N–H and O–H groups in total. The molecule has 1 atom stereocenters. The molecule has 3 aromatic rings. The number of carbonyl (C=O) groups excluding carboxylic acids is 2. The van der Waals surface area contributed by atoms with Gasteiger partial charge in [0.2, 0.25) is 5.01 Å². The Morgan fingerprint density at radius 3 is 2.50 bits per heavy atom. The average Bonchev–Trinajstić information content (AvgIpc) is 3.23. The van der Waals surface area contributed by atoms with Crippen molar-refractivity contribution in [1.29, 1.82) is 0 Å². The minimum atomic E-state index is -0.355. The van der Waals surface area contributed by atoms with Gasteiger partial charge in [-0.25, -0.2) is 0 Å². The summed E-state index contributed by atoms with van der Waals surface area (Å²) in [6.45, 7) is 6.18. The molecular formula is C22H24N4O3S. The molecule has 0 aliphatic heterocycles. The van der Waals surface area contributed by atoms with Gasteiger partial charge in [0.1, 0.15) is 12.4 Å². The number of nitrogens with one attached hydrogen (secondary N) is 2. The Morgan fingerprint density at radius 1 is 1.07 bits per heavy atom. The first kappa shape index (κ1) is 21.4. The van der Waals surface area contributed by atoms with E-state index in [2.05, 4.69) is 20.8 Å². The molecule has 7 nitrogen and oxygen atoms in total. The van der Waals surface area contributed by atoms with Gasteiger partial charge < -0.3 is 15.4 Å². The molecule has 3 rings (SSSR count). The van der Waals surface area contributed by atoms with Gasteiger partial charge in [0, 0.05) is 17.3 Å². The molecule has 0 spiro atoms. The van der Waals surface area contributed by atoms with Crippen LogP contribution in [0.2, 0.25) is 0 Å². The molecule has 0 radical (unpaired) electrons. The second-order valence-electron chi connectivity index (χ2n) is 6.87. The third-order valence-corrected chi connectivity index (χ3v) is 5.40. The molecule has 156 valence electrons. The summed E-state index contributed by atoms with van der Waals surface area (Å²) < 4.78 is 5.74. The smallest absolute Gasteiger partial charge is 0.286 e. The molecule has 0 bridgehead atoms. The van der Waals surface area contributed by atoms with Crippen LogP contribution in [0.3, 0.4) is 0 Å². The van der Waals surface area contributed by atoms with E-state index in [1.807, 2.05) is 45.0 Å². The lowest BCUT2D eigenvalue weighted by molar-refractivity contribution is 0.0938. The first-order chi connectivity index (χ1) is 14.5. The van der Waals surface area contributed by atoms with Crippen molar-refractivity contribution in [1.82, 2.24) is 15.5 Å². The molecule has 0 aliphatic rings. The Labute approximate surface area is 179 Å². The minimum absolute atomic E-state index is 0.110. The second kappa shape index (κ2) is 9.98. The Hall–Kier alpha value is -3.26. The number of amides is 2. The maximum absolute atomic E-state index is 12.4. The minimum Gasteiger partial charge on any atom is -0.486 e. The maximum atomic E-state index is 12.4. The molecule has 8 heteroatoms. The zero-order valence-electron chi connectivity index (χ0n) is 17.1. The van der Waals surface area contributed by atoms with Crippen LogP contribution in [0, 0.1) is 6.92 Å². The van der Waals surface area contributed by atoms with Crippen molar-refractivity contribution in [2.24, 2.45) is 0 Å². The number of ether oxygens (including phenoxy) is 1. The van der Waals surface area contributed by atoms with E-state index < -0.39 is 0 Å². The van der Waals surface area contributed by atoms with Crippen LogP contribution in [-0.4, -0.2) is 28.1 Å². The topological polar surface area (TPSA) is 93.2 Å². The number of aromatic nitrogens is 2. The zero-order valence-corrected chi connectivity index (χ0v) is 18.0. The molecule has 1 heterocycles. The first-order valence-electron chi connectivity index (χ1n) is 9.69. The van der Waals surface area contributed by atoms with Crippen LogP contribution in [0.1, 0.15) is 51.0 Å². The fourth-order valence-electron chi connectivity index (χ4n) is 2.56. The predicted octanol–water partition coefficient (Wildman–Crippen LogP) is 4.21. The van der Waals surface area contributed by atoms with Crippen LogP contribution < -0.4 is 15.4 Å². The fourth-order valence-corrected chi connectivity index (χ4v) is 3.21. The SMILES string of the molecule is CC[C@H](C)NC(=O)c1ccc(NC(=O)c2nnc(COc3ccccc3C)s2)cc1. The molecule has 30 heavy (non-hydrogen) atoms. The van der Waals surface area contributed by atoms with Crippen LogP contribution in [0.4, 0.5) is 5.69 Å². The van der Waals surface area contributed by atoms with E-state index in [-0.39, 0.29) is 29.5 Å². The summed E-state index contributed by atoms with van der Waals surface area (Å²) in [7, 11) is 0. The number of nitrogens with zero attached hydrogens (tertiary/aromatic N) is 2. The Balaban J connectivity index is 1.56. The maximum Gasteiger partial charge on any atom is 0.286 e. The van der Waals surface area contributed by atoms with Gasteiger partial charge in [0.15, 0.2) is 5.01 Å². The number of anilines is 1. The normalized spacial score (nSPS) is 11.6. The molecule has 0 saturated heterocycles. The number of benzene rings is 2. The quantitative estimate of drug-likeness (QED) is 0.565. The van der Waals surface area contributed by atoms with Crippen LogP contribution >= 0.6 is 11.3 Å². The largest absolute Gasteiger partial charge is 0.486 e. The van der Waals surface area contributed by atoms with Crippen molar-refractivity contribution in [3.05, 3.63) is 69.7 Å². The van der Waals surface area contributed by atoms with Gasteiger partial charge in [-0.05, 0) is 56.2 Å². The van der Waals surface area contributed by atoms with Gasteiger partial charge in [0.05, 0.1) is 0 Å². The lowest BCUT2D eigenvalue weighted by atomic mass is 10.1. The molecule has 0 unspecified atom stereocenters. The summed E-state index contributed by atoms with van der Waals surface area (Å²) in [5, 5.41) is 14.5. The average molecular weight is 425 g/mol. The molecule has 0 aliphatic carbocycles. The highest BCUT2D eigenvalue weighted by molar-refractivity contribution is 7.13. The predicted molar refractivity (Wildman–Crippen MR) is 117 cm³/mol. The van der Waals surface area contributed by atoms with E-state index in [9.17, 15) is 9.59 Å². The van der Waals surface area contributed by atoms with Gasteiger partial charge in [-0.15, -0.1) is 10.2 Å². The van der Waals surface area contributed by atoms with Crippen LogP contribution in [0.5, 0.6) is 5.75 Å². The van der Waals surface area contributed by atoms with Crippen LogP contribution in [-0.2, 0) is 6.61 Å².